The second-order valence-electron chi connectivity index (χ2n) is 11.5. The van der Waals surface area contributed by atoms with Gasteiger partial charge >= 0.3 is 0 Å². The first kappa shape index (κ1) is 32.1. The van der Waals surface area contributed by atoms with Crippen LogP contribution in [0.2, 0.25) is 0 Å². The Bertz CT molecular complexity index is 1700. The van der Waals surface area contributed by atoms with E-state index in [1.54, 1.807) is 24.8 Å². The van der Waals surface area contributed by atoms with Crippen LogP contribution in [0.1, 0.15) is 45.2 Å². The maximum Gasteiger partial charge on any atom is 0.216 e. The van der Waals surface area contributed by atoms with Gasteiger partial charge in [0.25, 0.3) is 0 Å². The summed E-state index contributed by atoms with van der Waals surface area (Å²) in [7, 11) is 0. The molecule has 46 heavy (non-hydrogen) atoms. The molecule has 9 nitrogen and oxygen atoms in total. The van der Waals surface area contributed by atoms with E-state index in [1.807, 2.05) is 43.3 Å². The summed E-state index contributed by atoms with van der Waals surface area (Å²) < 4.78 is 19.4. The predicted octanol–water partition coefficient (Wildman–Crippen LogP) is 6.85. The molecule has 3 aromatic heterocycles. The lowest BCUT2D eigenvalue weighted by Gasteiger charge is -2.44. The summed E-state index contributed by atoms with van der Waals surface area (Å²) >= 11 is 2.65. The monoisotopic (exact) mass is 655 g/mol. The van der Waals surface area contributed by atoms with Crippen molar-refractivity contribution in [3.63, 3.8) is 0 Å². The molecule has 2 aromatic carbocycles. The Morgan fingerprint density at radius 3 is 2.35 bits per heavy atom. The van der Waals surface area contributed by atoms with Crippen LogP contribution in [0.4, 0.5) is 5.13 Å². The maximum absolute atomic E-state index is 13.4. The number of nitrogens with zero attached hydrogens (tertiary/aromatic N) is 4. The topological polar surface area (TPSA) is 108 Å². The lowest BCUT2D eigenvalue weighted by atomic mass is 9.81. The summed E-state index contributed by atoms with van der Waals surface area (Å²) in [6.07, 6.45) is 6.03. The summed E-state index contributed by atoms with van der Waals surface area (Å²) in [6.45, 7) is 8.26. The van der Waals surface area contributed by atoms with Crippen molar-refractivity contribution < 1.29 is 19.0 Å². The van der Waals surface area contributed by atoms with Gasteiger partial charge in [-0.25, -0.2) is 9.97 Å². The fourth-order valence-corrected chi connectivity index (χ4v) is 7.37. The Morgan fingerprint density at radius 2 is 1.63 bits per heavy atom. The molecule has 238 valence electrons. The highest BCUT2D eigenvalue weighted by atomic mass is 32.1. The van der Waals surface area contributed by atoms with Crippen LogP contribution >= 0.6 is 22.7 Å². The fraction of sp³-hybridized carbons (Fsp3) is 0.343. The Balaban J connectivity index is 1.10. The molecule has 11 heteroatoms. The van der Waals surface area contributed by atoms with E-state index >= 15 is 0 Å². The van der Waals surface area contributed by atoms with Crippen molar-refractivity contribution in [2.75, 3.05) is 18.5 Å². The second-order valence-corrected chi connectivity index (χ2v) is 13.5. The van der Waals surface area contributed by atoms with Crippen molar-refractivity contribution in [1.82, 2.24) is 19.9 Å². The maximum atomic E-state index is 13.4. The van der Waals surface area contributed by atoms with Crippen molar-refractivity contribution in [3.05, 3.63) is 112 Å². The predicted molar refractivity (Wildman–Crippen MR) is 180 cm³/mol. The molecule has 0 bridgehead atoms. The molecule has 6 rings (SSSR count). The molecule has 0 unspecified atom stereocenters. The summed E-state index contributed by atoms with van der Waals surface area (Å²) in [6, 6.07) is 20.4. The van der Waals surface area contributed by atoms with E-state index in [-0.39, 0.29) is 35.9 Å². The third-order valence-electron chi connectivity index (χ3n) is 8.30. The van der Waals surface area contributed by atoms with E-state index < -0.39 is 0 Å². The molecule has 4 heterocycles. The number of thiazole rings is 2. The van der Waals surface area contributed by atoms with Crippen LogP contribution in [-0.2, 0) is 27.4 Å². The zero-order chi connectivity index (χ0) is 31.9. The zero-order valence-electron chi connectivity index (χ0n) is 26.0. The van der Waals surface area contributed by atoms with Gasteiger partial charge < -0.3 is 19.5 Å². The third-order valence-corrected chi connectivity index (χ3v) is 10.4. The van der Waals surface area contributed by atoms with Crippen LogP contribution in [0.25, 0.3) is 10.7 Å². The highest BCUT2D eigenvalue weighted by molar-refractivity contribution is 7.20. The minimum Gasteiger partial charge on any atom is -0.374 e. The molecule has 1 aliphatic heterocycles. The first-order chi connectivity index (χ1) is 22.5. The number of ketones is 1. The summed E-state index contributed by atoms with van der Waals surface area (Å²) in [5.41, 5.74) is 3.56. The lowest BCUT2D eigenvalue weighted by Crippen LogP contribution is -2.53. The molecule has 1 fully saturated rings. The van der Waals surface area contributed by atoms with E-state index in [1.165, 1.54) is 22.7 Å². The fourth-order valence-electron chi connectivity index (χ4n) is 5.55. The molecule has 0 spiro atoms. The number of ether oxygens (including phenoxy) is 3. The molecule has 0 aliphatic carbocycles. The number of nitrogens with one attached hydrogen (secondary N) is 1. The van der Waals surface area contributed by atoms with Gasteiger partial charge in [0.2, 0.25) is 5.78 Å². The van der Waals surface area contributed by atoms with Crippen LogP contribution in [-0.4, -0.2) is 57.2 Å². The molecular formula is C35H37N5O4S2. The highest BCUT2D eigenvalue weighted by Crippen LogP contribution is 2.35. The number of hydrogen-bond acceptors (Lipinski definition) is 11. The van der Waals surface area contributed by atoms with Gasteiger partial charge in [0.1, 0.15) is 16.8 Å². The van der Waals surface area contributed by atoms with Crippen LogP contribution in [0, 0.1) is 18.8 Å². The van der Waals surface area contributed by atoms with E-state index in [4.69, 9.17) is 14.2 Å². The van der Waals surface area contributed by atoms with Gasteiger partial charge in [0, 0.05) is 18.9 Å². The molecule has 5 aromatic rings. The molecule has 0 saturated carbocycles. The van der Waals surface area contributed by atoms with Gasteiger partial charge in [-0.15, -0.1) is 11.3 Å². The number of carbonyl (C=O) groups excluding carboxylic acids is 1. The molecule has 1 saturated heterocycles. The quantitative estimate of drug-likeness (QED) is 0.136. The number of hydrogen-bond donors (Lipinski definition) is 1. The van der Waals surface area contributed by atoms with Crippen LogP contribution < -0.4 is 5.32 Å². The van der Waals surface area contributed by atoms with Gasteiger partial charge in [-0.2, -0.15) is 0 Å². The normalized spacial score (nSPS) is 21.2. The molecule has 1 N–H and O–H groups in total. The van der Waals surface area contributed by atoms with Crippen molar-refractivity contribution in [2.45, 2.75) is 52.3 Å². The van der Waals surface area contributed by atoms with E-state index in [2.05, 4.69) is 63.4 Å². The summed E-state index contributed by atoms with van der Waals surface area (Å²) in [5.74, 6) is 0.334. The van der Waals surface area contributed by atoms with Crippen LogP contribution in [0.3, 0.4) is 0 Å². The first-order valence-corrected chi connectivity index (χ1v) is 17.0. The second kappa shape index (κ2) is 15.1. The number of anilines is 1. The smallest absolute Gasteiger partial charge is 0.216 e. The Morgan fingerprint density at radius 1 is 0.891 bits per heavy atom. The Hall–Kier alpha value is -3.87. The minimum atomic E-state index is -0.239. The van der Waals surface area contributed by atoms with Crippen LogP contribution in [0.5, 0.6) is 0 Å². The average Bonchev–Trinajstić information content (AvgIpc) is 3.73. The number of aryl methyl sites for hydroxylation is 1. The van der Waals surface area contributed by atoms with Crippen molar-refractivity contribution in [3.8, 4) is 10.7 Å². The zero-order valence-corrected chi connectivity index (χ0v) is 27.7. The summed E-state index contributed by atoms with van der Waals surface area (Å²) in [4.78, 5) is 32.0. The van der Waals surface area contributed by atoms with E-state index in [0.29, 0.717) is 57.6 Å². The first-order valence-electron chi connectivity index (χ1n) is 15.4. The molecular weight excluding hydrogens is 619 g/mol. The average molecular weight is 656 g/mol. The molecule has 5 atom stereocenters. The van der Waals surface area contributed by atoms with Gasteiger partial charge in [0.05, 0.1) is 59.9 Å². The number of rotatable bonds is 13. The largest absolute Gasteiger partial charge is 0.374 e. The van der Waals surface area contributed by atoms with Gasteiger partial charge in [-0.3, -0.25) is 14.8 Å². The number of carbonyl (C=O) groups is 1. The van der Waals surface area contributed by atoms with E-state index in [0.717, 1.165) is 11.1 Å². The summed E-state index contributed by atoms with van der Waals surface area (Å²) in [5, 5.41) is 4.77. The van der Waals surface area contributed by atoms with E-state index in [9.17, 15) is 4.79 Å². The SMILES string of the molecule is Cc1nc(-c2cnccn2)sc1C(=O)c1cnc(NC[C@H]2O[C@H](COCc3ccccc3)[C@@H](OCc3ccccc3)[C@H](C)[C@@H]2C)s1. The Kier molecular flexibility index (Phi) is 10.6. The molecule has 0 radical (unpaired) electrons. The molecule has 0 amide bonds. The number of benzene rings is 2. The van der Waals surface area contributed by atoms with Gasteiger partial charge in [-0.05, 0) is 29.9 Å². The molecule has 1 aliphatic rings. The van der Waals surface area contributed by atoms with Gasteiger partial charge in [0.15, 0.2) is 5.13 Å². The van der Waals surface area contributed by atoms with Crippen LogP contribution in [0.15, 0.2) is 85.5 Å². The lowest BCUT2D eigenvalue weighted by molar-refractivity contribution is -0.203. The standard InChI is InChI=1S/C35H37N5O4S2/c1-22-23(2)32(43-20-26-12-8-5-9-13-26)29(21-42-19-25-10-6-4-7-11-25)44-28(22)17-38-35-39-18-30(45-35)31(41)33-24(3)40-34(46-33)27-16-36-14-15-37-27/h4-16,18,22-23,28-29,32H,17,19-21H2,1-3H3,(H,38,39)/t22-,23+,28+,29+,32-/m0/s1. The Labute approximate surface area is 277 Å². The van der Waals surface area contributed by atoms with Crippen molar-refractivity contribution >= 4 is 33.6 Å². The number of aromatic nitrogens is 4. The third kappa shape index (κ3) is 7.73. The highest BCUT2D eigenvalue weighted by Gasteiger charge is 2.42. The minimum absolute atomic E-state index is 0.0966. The van der Waals surface area contributed by atoms with Gasteiger partial charge in [-0.1, -0.05) is 85.8 Å². The van der Waals surface area contributed by atoms with Crippen molar-refractivity contribution in [2.24, 2.45) is 11.8 Å². The van der Waals surface area contributed by atoms with Crippen molar-refractivity contribution in [1.29, 1.82) is 0 Å².